The summed E-state index contributed by atoms with van der Waals surface area (Å²) in [4.78, 5) is 11.7. The van der Waals surface area contributed by atoms with Gasteiger partial charge in [-0.1, -0.05) is 0 Å². The van der Waals surface area contributed by atoms with Gasteiger partial charge in [0.05, 0.1) is 40.0 Å². The number of fused-ring (bicyclic) bond motifs is 1. The maximum atomic E-state index is 12.8. The lowest BCUT2D eigenvalue weighted by Crippen LogP contribution is -2.11. The third-order valence-corrected chi connectivity index (χ3v) is 11.2. The van der Waals surface area contributed by atoms with E-state index in [0.29, 0.717) is 33.9 Å². The van der Waals surface area contributed by atoms with Crippen molar-refractivity contribution < 1.29 is 53.5 Å². The molecule has 0 saturated carbocycles. The van der Waals surface area contributed by atoms with E-state index in [2.05, 4.69) is 36.0 Å². The molecule has 0 heterocycles. The summed E-state index contributed by atoms with van der Waals surface area (Å²) in [5.74, 6) is -1.81. The fraction of sp³-hybridized carbons (Fsp3) is 0.103. The average Bonchev–Trinajstić information content (AvgIpc) is 3.21. The minimum absolute atomic E-state index is 0.0285. The van der Waals surface area contributed by atoms with E-state index in [1.165, 1.54) is 66.7 Å². The van der Waals surface area contributed by atoms with E-state index in [1.807, 2.05) is 0 Å². The van der Waals surface area contributed by atoms with E-state index in [-0.39, 0.29) is 51.5 Å². The molecule has 7 N–H and O–H groups in total. The zero-order chi connectivity index (χ0) is 44.8. The van der Waals surface area contributed by atoms with Crippen molar-refractivity contribution in [3.05, 3.63) is 120 Å². The number of ether oxygens (including phenoxy) is 1. The van der Waals surface area contributed by atoms with Crippen LogP contribution in [0.1, 0.15) is 22.3 Å². The van der Waals surface area contributed by atoms with Crippen LogP contribution in [0.15, 0.2) is 150 Å². The number of phenolic OH excluding ortho intramolecular Hbond substituents is 1. The smallest absolute Gasteiger partial charge is 0.296 e. The number of azo groups is 3. The number of aromatic hydroxyl groups is 1. The van der Waals surface area contributed by atoms with Gasteiger partial charge in [0, 0.05) is 28.4 Å². The Balaban J connectivity index is 1.27. The first-order valence-electron chi connectivity index (χ1n) is 17.8. The van der Waals surface area contributed by atoms with E-state index in [9.17, 15) is 44.3 Å². The average molecular weight is 903 g/mol. The summed E-state index contributed by atoms with van der Waals surface area (Å²) in [7, 11) is -13.7. The molecule has 20 nitrogen and oxygen atoms in total. The van der Waals surface area contributed by atoms with Gasteiger partial charge < -0.3 is 20.9 Å². The van der Waals surface area contributed by atoms with E-state index in [4.69, 9.17) is 15.0 Å². The second kappa shape index (κ2) is 18.3. The van der Waals surface area contributed by atoms with Crippen molar-refractivity contribution in [2.75, 3.05) is 23.4 Å². The molecule has 23 heteroatoms. The molecule has 0 unspecified atom stereocenters. The number of hydrogen-bond donors (Lipinski definition) is 6. The molecule has 0 radical (unpaired) electrons. The number of nitrogens with two attached hydrogens (primary N) is 1. The van der Waals surface area contributed by atoms with Crippen molar-refractivity contribution in [3.63, 3.8) is 0 Å². The Hall–Kier alpha value is -7.02. The second-order valence-corrected chi connectivity index (χ2v) is 17.6. The van der Waals surface area contributed by atoms with Gasteiger partial charge in [0.2, 0.25) is 0 Å². The summed E-state index contributed by atoms with van der Waals surface area (Å²) < 4.78 is 105. The summed E-state index contributed by atoms with van der Waals surface area (Å²) in [5, 5.41) is 38.9. The molecule has 0 atom stereocenters. The fourth-order valence-electron chi connectivity index (χ4n) is 5.55. The molecule has 6 rings (SSSR count). The van der Waals surface area contributed by atoms with Gasteiger partial charge in [-0.05, 0) is 127 Å². The number of nitrogens with one attached hydrogen (secondary N) is 1. The third kappa shape index (κ3) is 11.6. The van der Waals surface area contributed by atoms with Crippen LogP contribution < -0.4 is 15.8 Å². The lowest BCUT2D eigenvalue weighted by Gasteiger charge is -2.12. The van der Waals surface area contributed by atoms with Gasteiger partial charge >= 0.3 is 0 Å². The Morgan fingerprint density at radius 3 is 1.84 bits per heavy atom. The molecule has 0 aliphatic carbocycles. The molecule has 0 saturated heterocycles. The number of anilines is 2. The number of carbonyl (C=O) groups is 1. The second-order valence-electron chi connectivity index (χ2n) is 13.2. The number of carbonyl (C=O) groups excluding carboxylic acids is 1. The van der Waals surface area contributed by atoms with Crippen molar-refractivity contribution in [1.29, 1.82) is 0 Å². The van der Waals surface area contributed by atoms with Gasteiger partial charge in [-0.15, -0.1) is 10.2 Å². The summed E-state index contributed by atoms with van der Waals surface area (Å²) in [6, 6.07) is 25.7. The molecule has 0 bridgehead atoms. The molecule has 0 aromatic heterocycles. The summed E-state index contributed by atoms with van der Waals surface area (Å²) in [6.45, 7) is 1.40. The SMILES string of the molecule is Cc1cc(N=Nc2c(S(=O)(=O)O)cc3cc(NC(=O)c4ccc(N)cc4)ccc3c2O)c(OCCCS(=O)(=O)O)cc1N=Nc1ccc(N=Nc2ccc(S(=O)(=O)O)cc2)cc1. The Morgan fingerprint density at radius 2 is 1.26 bits per heavy atom. The van der Waals surface area contributed by atoms with Crippen LogP contribution in [0, 0.1) is 6.92 Å². The number of rotatable bonds is 15. The molecule has 0 aliphatic rings. The number of nitrogens with zero attached hydrogens (tertiary/aromatic N) is 6. The van der Waals surface area contributed by atoms with Crippen LogP contribution in [0.25, 0.3) is 10.8 Å². The summed E-state index contributed by atoms with van der Waals surface area (Å²) >= 11 is 0. The van der Waals surface area contributed by atoms with Crippen molar-refractivity contribution in [1.82, 2.24) is 0 Å². The van der Waals surface area contributed by atoms with Crippen LogP contribution in [0.2, 0.25) is 0 Å². The van der Waals surface area contributed by atoms with Crippen molar-refractivity contribution >= 4 is 92.5 Å². The molecule has 0 aliphatic heterocycles. The van der Waals surface area contributed by atoms with Crippen LogP contribution in [0.5, 0.6) is 11.5 Å². The minimum Gasteiger partial charge on any atom is -0.505 e. The highest BCUT2D eigenvalue weighted by Gasteiger charge is 2.23. The number of nitrogen functional groups attached to an aromatic ring is 1. The quantitative estimate of drug-likeness (QED) is 0.0243. The standard InChI is InChI=1S/C39H34N8O12S3/c1-23-19-34(46-47-37-36(62(56,57)58)21-25-20-30(13-16-32(25)38(37)48)41-39(49)24-3-5-26(40)6-4-24)35(59-17-2-18-60(50,51)52)22-33(23)45-44-28-9-7-27(8-10-28)42-43-29-11-14-31(15-12-29)61(53,54)55/h3-16,19-22,48H,2,17-18,40H2,1H3,(H,41,49)(H,50,51,52)(H,53,54,55)(H,56,57,58). The van der Waals surface area contributed by atoms with Gasteiger partial charge in [0.25, 0.3) is 36.3 Å². The van der Waals surface area contributed by atoms with E-state index < -0.39 is 58.3 Å². The normalized spacial score (nSPS) is 12.5. The molecule has 0 fully saturated rings. The van der Waals surface area contributed by atoms with Crippen LogP contribution in [0.3, 0.4) is 0 Å². The van der Waals surface area contributed by atoms with Gasteiger partial charge in [0.1, 0.15) is 22.0 Å². The van der Waals surface area contributed by atoms with E-state index >= 15 is 0 Å². The van der Waals surface area contributed by atoms with Crippen molar-refractivity contribution in [3.8, 4) is 11.5 Å². The molecule has 6 aromatic carbocycles. The minimum atomic E-state index is -5.04. The van der Waals surface area contributed by atoms with Gasteiger partial charge in [-0.25, -0.2) is 0 Å². The van der Waals surface area contributed by atoms with Gasteiger partial charge in [-0.3, -0.25) is 18.5 Å². The van der Waals surface area contributed by atoms with Crippen LogP contribution in [0.4, 0.5) is 45.5 Å². The molecular formula is C39H34N8O12S3. The molecule has 1 amide bonds. The number of hydrogen-bond acceptors (Lipinski definition) is 16. The first kappa shape index (κ1) is 44.5. The molecule has 62 heavy (non-hydrogen) atoms. The highest BCUT2D eigenvalue weighted by molar-refractivity contribution is 7.86. The maximum absolute atomic E-state index is 12.8. The predicted molar refractivity (Wildman–Crippen MR) is 227 cm³/mol. The molecule has 6 aromatic rings. The van der Waals surface area contributed by atoms with E-state index in [1.54, 1.807) is 43.3 Å². The Bertz CT molecular complexity index is 3110. The van der Waals surface area contributed by atoms with Crippen LogP contribution >= 0.6 is 0 Å². The highest BCUT2D eigenvalue weighted by atomic mass is 32.2. The van der Waals surface area contributed by atoms with Gasteiger partial charge in [-0.2, -0.15) is 45.7 Å². The zero-order valence-electron chi connectivity index (χ0n) is 32.1. The molecule has 0 spiro atoms. The fourth-order valence-corrected chi connectivity index (χ4v) is 7.17. The van der Waals surface area contributed by atoms with Crippen LogP contribution in [-0.4, -0.2) is 62.3 Å². The topological polar surface area (TPSA) is 322 Å². The Kier molecular flexibility index (Phi) is 13.1. The summed E-state index contributed by atoms with van der Waals surface area (Å²) in [6.07, 6.45) is -0.138. The highest BCUT2D eigenvalue weighted by Crippen LogP contribution is 2.44. The number of aryl methyl sites for hydroxylation is 1. The number of amides is 1. The summed E-state index contributed by atoms with van der Waals surface area (Å²) in [5.41, 5.74) is 7.90. The largest absolute Gasteiger partial charge is 0.505 e. The Labute approximate surface area is 353 Å². The number of benzene rings is 6. The van der Waals surface area contributed by atoms with Crippen LogP contribution in [-0.2, 0) is 30.4 Å². The first-order chi connectivity index (χ1) is 29.2. The lowest BCUT2D eigenvalue weighted by atomic mass is 10.1. The van der Waals surface area contributed by atoms with E-state index in [0.717, 1.165) is 6.07 Å². The predicted octanol–water partition coefficient (Wildman–Crippen LogP) is 9.08. The molecule has 320 valence electrons. The monoisotopic (exact) mass is 902 g/mol. The lowest BCUT2D eigenvalue weighted by molar-refractivity contribution is 0.102. The maximum Gasteiger partial charge on any atom is 0.296 e. The third-order valence-electron chi connectivity index (χ3n) is 8.64. The van der Waals surface area contributed by atoms with Gasteiger partial charge in [0.15, 0.2) is 5.75 Å². The van der Waals surface area contributed by atoms with Crippen molar-refractivity contribution in [2.45, 2.75) is 23.1 Å². The first-order valence-corrected chi connectivity index (χ1v) is 22.3. The Morgan fingerprint density at radius 1 is 0.677 bits per heavy atom. The van der Waals surface area contributed by atoms with Crippen molar-refractivity contribution in [2.24, 2.45) is 30.7 Å². The zero-order valence-corrected chi connectivity index (χ0v) is 34.5. The number of phenols is 1. The molecular weight excluding hydrogens is 869 g/mol.